The number of rotatable bonds is 4. The molecule has 1 aliphatic carbocycles. The molecule has 0 aromatic carbocycles. The molecule has 1 aliphatic rings. The van der Waals surface area contributed by atoms with Crippen molar-refractivity contribution in [1.82, 2.24) is 0 Å². The molecular formula is C12H22. The SMILES string of the molecule is CCCCCC1=CC(C)CCC1. The van der Waals surface area contributed by atoms with Crippen molar-refractivity contribution in [2.45, 2.75) is 58.8 Å². The minimum Gasteiger partial charge on any atom is -0.0825 e. The molecule has 0 bridgehead atoms. The molecule has 0 N–H and O–H groups in total. The van der Waals surface area contributed by atoms with E-state index in [1.165, 1.54) is 44.9 Å². The summed E-state index contributed by atoms with van der Waals surface area (Å²) in [5, 5.41) is 0. The molecule has 0 aliphatic heterocycles. The minimum atomic E-state index is 0.857. The van der Waals surface area contributed by atoms with Crippen LogP contribution >= 0.6 is 0 Å². The summed E-state index contributed by atoms with van der Waals surface area (Å²) in [7, 11) is 0. The topological polar surface area (TPSA) is 0 Å². The summed E-state index contributed by atoms with van der Waals surface area (Å²) in [6, 6.07) is 0. The highest BCUT2D eigenvalue weighted by Crippen LogP contribution is 2.25. The van der Waals surface area contributed by atoms with E-state index in [0.717, 1.165) is 5.92 Å². The first kappa shape index (κ1) is 9.83. The van der Waals surface area contributed by atoms with Crippen LogP contribution in [0.1, 0.15) is 58.8 Å². The average Bonchev–Trinajstić information content (AvgIpc) is 2.05. The summed E-state index contributed by atoms with van der Waals surface area (Å²) in [6.45, 7) is 4.62. The van der Waals surface area contributed by atoms with Crippen LogP contribution in [0.4, 0.5) is 0 Å². The molecule has 0 saturated carbocycles. The first-order valence-corrected chi connectivity index (χ1v) is 5.52. The van der Waals surface area contributed by atoms with Crippen molar-refractivity contribution in [3.63, 3.8) is 0 Å². The normalized spacial score (nSPS) is 23.8. The predicted molar refractivity (Wildman–Crippen MR) is 55.2 cm³/mol. The Morgan fingerprint density at radius 3 is 2.92 bits per heavy atom. The van der Waals surface area contributed by atoms with E-state index in [0.29, 0.717) is 0 Å². The van der Waals surface area contributed by atoms with Gasteiger partial charge in [0, 0.05) is 0 Å². The molecule has 1 rings (SSSR count). The highest BCUT2D eigenvalue weighted by atomic mass is 14.1. The van der Waals surface area contributed by atoms with Gasteiger partial charge in [0.1, 0.15) is 0 Å². The smallest absolute Gasteiger partial charge is 0.0259 e. The van der Waals surface area contributed by atoms with Crippen molar-refractivity contribution >= 4 is 0 Å². The maximum atomic E-state index is 2.51. The Kier molecular flexibility index (Phi) is 4.42. The van der Waals surface area contributed by atoms with Crippen LogP contribution in [-0.2, 0) is 0 Å². The van der Waals surface area contributed by atoms with Gasteiger partial charge >= 0.3 is 0 Å². The Labute approximate surface area is 77.1 Å². The van der Waals surface area contributed by atoms with Crippen LogP contribution in [0.15, 0.2) is 11.6 Å². The molecule has 1 atom stereocenters. The molecule has 0 fully saturated rings. The molecule has 0 aromatic heterocycles. The average molecular weight is 166 g/mol. The molecule has 0 heteroatoms. The molecule has 1 unspecified atom stereocenters. The van der Waals surface area contributed by atoms with E-state index in [2.05, 4.69) is 19.9 Å². The zero-order valence-corrected chi connectivity index (χ0v) is 8.60. The summed E-state index contributed by atoms with van der Waals surface area (Å²) >= 11 is 0. The molecule has 0 amide bonds. The lowest BCUT2D eigenvalue weighted by Crippen LogP contribution is -2.00. The second kappa shape index (κ2) is 5.40. The van der Waals surface area contributed by atoms with Crippen LogP contribution in [-0.4, -0.2) is 0 Å². The molecule has 0 spiro atoms. The molecule has 12 heavy (non-hydrogen) atoms. The first-order chi connectivity index (χ1) is 5.83. The van der Waals surface area contributed by atoms with Gasteiger partial charge in [0.05, 0.1) is 0 Å². The van der Waals surface area contributed by atoms with Gasteiger partial charge in [-0.05, 0) is 38.0 Å². The minimum absolute atomic E-state index is 0.857. The van der Waals surface area contributed by atoms with E-state index in [1.54, 1.807) is 5.57 Å². The third-order valence-electron chi connectivity index (χ3n) is 2.78. The first-order valence-electron chi connectivity index (χ1n) is 5.52. The van der Waals surface area contributed by atoms with Gasteiger partial charge in [-0.25, -0.2) is 0 Å². The highest BCUT2D eigenvalue weighted by molar-refractivity contribution is 5.06. The second-order valence-corrected chi connectivity index (χ2v) is 4.15. The van der Waals surface area contributed by atoms with Gasteiger partial charge in [0.25, 0.3) is 0 Å². The summed E-state index contributed by atoms with van der Waals surface area (Å²) in [4.78, 5) is 0. The molecule has 0 nitrogen and oxygen atoms in total. The third kappa shape index (κ3) is 3.42. The number of unbranched alkanes of at least 4 members (excludes halogenated alkanes) is 2. The van der Waals surface area contributed by atoms with Gasteiger partial charge in [-0.3, -0.25) is 0 Å². The van der Waals surface area contributed by atoms with E-state index >= 15 is 0 Å². The van der Waals surface area contributed by atoms with E-state index in [9.17, 15) is 0 Å². The van der Waals surface area contributed by atoms with Crippen molar-refractivity contribution in [1.29, 1.82) is 0 Å². The lowest BCUT2D eigenvalue weighted by atomic mass is 9.89. The van der Waals surface area contributed by atoms with Crippen LogP contribution < -0.4 is 0 Å². The molecule has 70 valence electrons. The highest BCUT2D eigenvalue weighted by Gasteiger charge is 2.08. The Balaban J connectivity index is 2.21. The Morgan fingerprint density at radius 1 is 1.42 bits per heavy atom. The summed E-state index contributed by atoms with van der Waals surface area (Å²) < 4.78 is 0. The summed E-state index contributed by atoms with van der Waals surface area (Å²) in [6.07, 6.45) is 12.3. The second-order valence-electron chi connectivity index (χ2n) is 4.15. The van der Waals surface area contributed by atoms with Crippen molar-refractivity contribution in [3.05, 3.63) is 11.6 Å². The molecular weight excluding hydrogens is 144 g/mol. The van der Waals surface area contributed by atoms with Gasteiger partial charge in [-0.1, -0.05) is 38.3 Å². The van der Waals surface area contributed by atoms with Crippen LogP contribution in [0.3, 0.4) is 0 Å². The Hall–Kier alpha value is -0.260. The standard InChI is InChI=1S/C12H22/c1-3-4-5-8-12-9-6-7-11(2)10-12/h10-11H,3-9H2,1-2H3. The predicted octanol–water partition coefficient (Wildman–Crippen LogP) is 4.31. The zero-order chi connectivity index (χ0) is 8.81. The van der Waals surface area contributed by atoms with E-state index in [-0.39, 0.29) is 0 Å². The Bertz CT molecular complexity index is 144. The van der Waals surface area contributed by atoms with Gasteiger partial charge in [-0.15, -0.1) is 0 Å². The number of hydrogen-bond acceptors (Lipinski definition) is 0. The van der Waals surface area contributed by atoms with Crippen molar-refractivity contribution in [2.75, 3.05) is 0 Å². The monoisotopic (exact) mass is 166 g/mol. The fraction of sp³-hybridized carbons (Fsp3) is 0.833. The van der Waals surface area contributed by atoms with Crippen molar-refractivity contribution < 1.29 is 0 Å². The summed E-state index contributed by atoms with van der Waals surface area (Å²) in [5.74, 6) is 0.857. The molecule has 0 aromatic rings. The van der Waals surface area contributed by atoms with Gasteiger partial charge in [0.15, 0.2) is 0 Å². The number of allylic oxidation sites excluding steroid dienone is 2. The van der Waals surface area contributed by atoms with E-state index in [4.69, 9.17) is 0 Å². The maximum absolute atomic E-state index is 2.51. The van der Waals surface area contributed by atoms with Crippen LogP contribution in [0.2, 0.25) is 0 Å². The fourth-order valence-electron chi connectivity index (χ4n) is 2.03. The number of hydrogen-bond donors (Lipinski definition) is 0. The van der Waals surface area contributed by atoms with Crippen molar-refractivity contribution in [3.8, 4) is 0 Å². The van der Waals surface area contributed by atoms with Crippen molar-refractivity contribution in [2.24, 2.45) is 5.92 Å². The van der Waals surface area contributed by atoms with Gasteiger partial charge in [0.2, 0.25) is 0 Å². The quantitative estimate of drug-likeness (QED) is 0.431. The third-order valence-corrected chi connectivity index (χ3v) is 2.78. The molecule has 0 radical (unpaired) electrons. The zero-order valence-electron chi connectivity index (χ0n) is 8.60. The van der Waals surface area contributed by atoms with Gasteiger partial charge < -0.3 is 0 Å². The van der Waals surface area contributed by atoms with E-state index in [1.807, 2.05) is 0 Å². The molecule has 0 heterocycles. The fourth-order valence-corrected chi connectivity index (χ4v) is 2.03. The van der Waals surface area contributed by atoms with Gasteiger partial charge in [-0.2, -0.15) is 0 Å². The van der Waals surface area contributed by atoms with Crippen LogP contribution in [0, 0.1) is 5.92 Å². The lowest BCUT2D eigenvalue weighted by molar-refractivity contribution is 0.548. The maximum Gasteiger partial charge on any atom is -0.0259 e. The Morgan fingerprint density at radius 2 is 2.25 bits per heavy atom. The van der Waals surface area contributed by atoms with Crippen LogP contribution in [0.25, 0.3) is 0 Å². The lowest BCUT2D eigenvalue weighted by Gasteiger charge is -2.17. The van der Waals surface area contributed by atoms with E-state index < -0.39 is 0 Å². The summed E-state index contributed by atoms with van der Waals surface area (Å²) in [5.41, 5.74) is 1.74. The van der Waals surface area contributed by atoms with Crippen LogP contribution in [0.5, 0.6) is 0 Å². The largest absolute Gasteiger partial charge is 0.0825 e. The molecule has 0 saturated heterocycles.